The zero-order chi connectivity index (χ0) is 15.6. The Morgan fingerprint density at radius 1 is 1.24 bits per heavy atom. The van der Waals surface area contributed by atoms with Crippen LogP contribution in [0.4, 0.5) is 11.5 Å². The quantitative estimate of drug-likeness (QED) is 0.900. The molecule has 3 N–H and O–H groups in total. The van der Waals surface area contributed by atoms with Crippen LogP contribution < -0.4 is 15.8 Å². The lowest BCUT2D eigenvalue weighted by atomic mass is 10.2. The van der Waals surface area contributed by atoms with Gasteiger partial charge in [0.2, 0.25) is 11.8 Å². The minimum absolute atomic E-state index is 0.351. The first-order valence-electron chi connectivity index (χ1n) is 6.87. The minimum atomic E-state index is -0.351. The van der Waals surface area contributed by atoms with E-state index in [4.69, 9.17) is 14.9 Å². The highest BCUT2D eigenvalue weighted by molar-refractivity contribution is 5.53. The fourth-order valence-electron chi connectivity index (χ4n) is 1.70. The van der Waals surface area contributed by atoms with Crippen molar-refractivity contribution < 1.29 is 9.15 Å². The fraction of sp³-hybridized carbons (Fsp3) is 0.467. The molecular weight excluding hydrogens is 268 g/mol. The van der Waals surface area contributed by atoms with E-state index in [2.05, 4.69) is 15.3 Å². The van der Waals surface area contributed by atoms with Crippen LogP contribution in [0.15, 0.2) is 16.5 Å². The standard InChI is InChI=1S/C15H22N4O2/c1-9-10(2)20-13(18-9)8-17-12-7-6-11(16)14(19-12)21-15(3,4)5/h6-7H,8,16H2,1-5H3,(H,17,19). The summed E-state index contributed by atoms with van der Waals surface area (Å²) in [5.74, 6) is 2.54. The molecule has 114 valence electrons. The fourth-order valence-corrected chi connectivity index (χ4v) is 1.70. The van der Waals surface area contributed by atoms with Crippen LogP contribution in [-0.2, 0) is 6.54 Å². The molecule has 0 aliphatic carbocycles. The molecule has 2 heterocycles. The Morgan fingerprint density at radius 3 is 2.52 bits per heavy atom. The maximum Gasteiger partial charge on any atom is 0.239 e. The van der Waals surface area contributed by atoms with Crippen LogP contribution in [0, 0.1) is 13.8 Å². The molecule has 0 fully saturated rings. The number of nitrogens with zero attached hydrogens (tertiary/aromatic N) is 2. The van der Waals surface area contributed by atoms with Crippen molar-refractivity contribution in [3.63, 3.8) is 0 Å². The van der Waals surface area contributed by atoms with Crippen molar-refractivity contribution in [1.82, 2.24) is 9.97 Å². The van der Waals surface area contributed by atoms with Gasteiger partial charge in [-0.1, -0.05) is 0 Å². The summed E-state index contributed by atoms with van der Waals surface area (Å²) in [6.07, 6.45) is 0. The minimum Gasteiger partial charge on any atom is -0.470 e. The normalized spacial score (nSPS) is 11.5. The number of rotatable bonds is 4. The van der Waals surface area contributed by atoms with E-state index in [1.807, 2.05) is 34.6 Å². The number of ether oxygens (including phenoxy) is 1. The van der Waals surface area contributed by atoms with Gasteiger partial charge in [0.05, 0.1) is 17.9 Å². The number of nitrogens with two attached hydrogens (primary N) is 1. The lowest BCUT2D eigenvalue weighted by Crippen LogP contribution is -2.24. The van der Waals surface area contributed by atoms with Gasteiger partial charge in [-0.15, -0.1) is 0 Å². The zero-order valence-electron chi connectivity index (χ0n) is 13.2. The maximum atomic E-state index is 5.88. The SMILES string of the molecule is Cc1nc(CNc2ccc(N)c(OC(C)(C)C)n2)oc1C. The van der Waals surface area contributed by atoms with E-state index >= 15 is 0 Å². The summed E-state index contributed by atoms with van der Waals surface area (Å²) in [7, 11) is 0. The van der Waals surface area contributed by atoms with Crippen LogP contribution in [0.5, 0.6) is 5.88 Å². The van der Waals surface area contributed by atoms with Crippen LogP contribution in [0.25, 0.3) is 0 Å². The highest BCUT2D eigenvalue weighted by Gasteiger charge is 2.15. The third-order valence-corrected chi connectivity index (χ3v) is 2.79. The van der Waals surface area contributed by atoms with Crippen LogP contribution in [0.3, 0.4) is 0 Å². The van der Waals surface area contributed by atoms with Crippen LogP contribution in [0.2, 0.25) is 0 Å². The van der Waals surface area contributed by atoms with Crippen LogP contribution >= 0.6 is 0 Å². The first kappa shape index (κ1) is 15.2. The molecule has 0 saturated heterocycles. The Kier molecular flexibility index (Phi) is 4.06. The number of aromatic nitrogens is 2. The smallest absolute Gasteiger partial charge is 0.239 e. The molecule has 0 unspecified atom stereocenters. The van der Waals surface area contributed by atoms with Crippen molar-refractivity contribution in [3.05, 3.63) is 29.5 Å². The Balaban J connectivity index is 2.08. The van der Waals surface area contributed by atoms with Crippen molar-refractivity contribution >= 4 is 11.5 Å². The molecule has 6 nitrogen and oxygen atoms in total. The topological polar surface area (TPSA) is 86.2 Å². The highest BCUT2D eigenvalue weighted by atomic mass is 16.5. The molecule has 2 rings (SSSR count). The number of nitrogen functional groups attached to an aromatic ring is 1. The average molecular weight is 290 g/mol. The summed E-state index contributed by atoms with van der Waals surface area (Å²) in [5.41, 5.74) is 6.94. The lowest BCUT2D eigenvalue weighted by Gasteiger charge is -2.21. The molecule has 21 heavy (non-hydrogen) atoms. The molecule has 2 aromatic heterocycles. The first-order valence-corrected chi connectivity index (χ1v) is 6.87. The van der Waals surface area contributed by atoms with Crippen molar-refractivity contribution in [2.75, 3.05) is 11.1 Å². The number of hydrogen-bond donors (Lipinski definition) is 2. The average Bonchev–Trinajstić information content (AvgIpc) is 2.68. The van der Waals surface area contributed by atoms with E-state index in [9.17, 15) is 0 Å². The Bertz CT molecular complexity index is 610. The van der Waals surface area contributed by atoms with E-state index in [1.165, 1.54) is 0 Å². The van der Waals surface area contributed by atoms with E-state index in [1.54, 1.807) is 12.1 Å². The lowest BCUT2D eigenvalue weighted by molar-refractivity contribution is 0.125. The monoisotopic (exact) mass is 290 g/mol. The third-order valence-electron chi connectivity index (χ3n) is 2.79. The van der Waals surface area contributed by atoms with Gasteiger partial charge in [-0.05, 0) is 46.8 Å². The third kappa shape index (κ3) is 4.11. The van der Waals surface area contributed by atoms with Gasteiger partial charge in [-0.25, -0.2) is 4.98 Å². The second kappa shape index (κ2) is 5.63. The van der Waals surface area contributed by atoms with Gasteiger partial charge in [0, 0.05) is 0 Å². The van der Waals surface area contributed by atoms with E-state index < -0.39 is 0 Å². The summed E-state index contributed by atoms with van der Waals surface area (Å²) >= 11 is 0. The van der Waals surface area contributed by atoms with Gasteiger partial charge in [0.25, 0.3) is 0 Å². The van der Waals surface area contributed by atoms with E-state index in [-0.39, 0.29) is 5.60 Å². The Hall–Kier alpha value is -2.24. The molecule has 0 saturated carbocycles. The van der Waals surface area contributed by atoms with Gasteiger partial charge >= 0.3 is 0 Å². The predicted molar refractivity (Wildman–Crippen MR) is 82.3 cm³/mol. The van der Waals surface area contributed by atoms with Crippen molar-refractivity contribution in [3.8, 4) is 5.88 Å². The van der Waals surface area contributed by atoms with Crippen molar-refractivity contribution in [2.24, 2.45) is 0 Å². The number of oxazole rings is 1. The molecule has 0 bridgehead atoms. The number of aryl methyl sites for hydroxylation is 2. The van der Waals surface area contributed by atoms with Crippen molar-refractivity contribution in [2.45, 2.75) is 46.8 Å². The number of hydrogen-bond acceptors (Lipinski definition) is 6. The number of pyridine rings is 1. The van der Waals surface area contributed by atoms with Gasteiger partial charge < -0.3 is 20.2 Å². The first-order chi connectivity index (χ1) is 9.74. The zero-order valence-corrected chi connectivity index (χ0v) is 13.2. The summed E-state index contributed by atoms with van der Waals surface area (Å²) in [6.45, 7) is 10.1. The molecule has 0 aliphatic rings. The number of nitrogens with one attached hydrogen (secondary N) is 1. The van der Waals surface area contributed by atoms with Gasteiger partial charge in [0.15, 0.2) is 0 Å². The summed E-state index contributed by atoms with van der Waals surface area (Å²) in [5, 5.41) is 3.15. The van der Waals surface area contributed by atoms with Crippen molar-refractivity contribution in [1.29, 1.82) is 0 Å². The Morgan fingerprint density at radius 2 is 1.95 bits per heavy atom. The molecule has 6 heteroatoms. The summed E-state index contributed by atoms with van der Waals surface area (Å²) in [4.78, 5) is 8.69. The maximum absolute atomic E-state index is 5.88. The molecular formula is C15H22N4O2. The molecule has 0 amide bonds. The molecule has 0 atom stereocenters. The largest absolute Gasteiger partial charge is 0.470 e. The molecule has 2 aromatic rings. The van der Waals surface area contributed by atoms with Crippen LogP contribution in [-0.4, -0.2) is 15.6 Å². The predicted octanol–water partition coefficient (Wildman–Crippen LogP) is 3.06. The highest BCUT2D eigenvalue weighted by Crippen LogP contribution is 2.25. The summed E-state index contributed by atoms with van der Waals surface area (Å²) < 4.78 is 11.2. The molecule has 0 aliphatic heterocycles. The summed E-state index contributed by atoms with van der Waals surface area (Å²) in [6, 6.07) is 3.57. The molecule has 0 radical (unpaired) electrons. The second-order valence-electron chi connectivity index (χ2n) is 5.91. The van der Waals surface area contributed by atoms with Gasteiger partial charge in [0.1, 0.15) is 17.2 Å². The Labute approximate surface area is 124 Å². The van der Waals surface area contributed by atoms with E-state index in [0.29, 0.717) is 29.8 Å². The van der Waals surface area contributed by atoms with E-state index in [0.717, 1.165) is 11.5 Å². The molecule has 0 aromatic carbocycles. The van der Waals surface area contributed by atoms with Gasteiger partial charge in [-0.2, -0.15) is 4.98 Å². The number of anilines is 2. The second-order valence-corrected chi connectivity index (χ2v) is 5.91. The van der Waals surface area contributed by atoms with Crippen LogP contribution in [0.1, 0.15) is 38.1 Å². The molecule has 0 spiro atoms. The van der Waals surface area contributed by atoms with Gasteiger partial charge in [-0.3, -0.25) is 0 Å².